The number of para-hydroxylation sites is 8. The zero-order valence-corrected chi connectivity index (χ0v) is 64.0. The van der Waals surface area contributed by atoms with Gasteiger partial charge >= 0.3 is 0 Å². The van der Waals surface area contributed by atoms with Gasteiger partial charge in [-0.2, -0.15) is 0 Å². The van der Waals surface area contributed by atoms with Crippen LogP contribution in [-0.4, -0.2) is 48.2 Å². The van der Waals surface area contributed by atoms with Crippen LogP contribution in [0.1, 0.15) is 0 Å². The smallest absolute Gasteiger partial charge is 0.167 e. The average molecular weight is 1520 g/mol. The number of aromatic nitrogens is 10. The van der Waals surface area contributed by atoms with Gasteiger partial charge in [0.1, 0.15) is 5.58 Å². The van der Waals surface area contributed by atoms with Crippen molar-refractivity contribution in [3.05, 3.63) is 400 Å². The van der Waals surface area contributed by atoms with Gasteiger partial charge in [-0.1, -0.05) is 297 Å². The first-order valence-corrected chi connectivity index (χ1v) is 40.1. The number of nitrogens with zero attached hydrogens (tertiary/aromatic N) is 10. The van der Waals surface area contributed by atoms with Gasteiger partial charge in [0.2, 0.25) is 0 Å². The van der Waals surface area contributed by atoms with Gasteiger partial charge in [-0.25, -0.2) is 29.9 Å². The Morgan fingerprint density at radius 2 is 0.437 bits per heavy atom. The lowest BCUT2D eigenvalue weighted by atomic mass is 9.93. The molecule has 0 fully saturated rings. The molecule has 0 atom stereocenters. The van der Waals surface area contributed by atoms with Crippen molar-refractivity contribution in [2.45, 2.75) is 0 Å². The number of fused-ring (bicyclic) bond motifs is 21. The van der Waals surface area contributed by atoms with Gasteiger partial charge in [-0.05, 0) is 135 Å². The fourth-order valence-corrected chi connectivity index (χ4v) is 18.4. The molecular weight excluding hydrogens is 1450 g/mol. The molecule has 119 heavy (non-hydrogen) atoms. The summed E-state index contributed by atoms with van der Waals surface area (Å²) in [4.78, 5) is 30.1. The van der Waals surface area contributed by atoms with E-state index in [1.54, 1.807) is 0 Å². The van der Waals surface area contributed by atoms with E-state index in [9.17, 15) is 0 Å². The monoisotopic (exact) mass is 1520 g/mol. The van der Waals surface area contributed by atoms with Crippen molar-refractivity contribution in [3.8, 4) is 91.1 Å². The van der Waals surface area contributed by atoms with Crippen LogP contribution in [0.15, 0.2) is 405 Å². The highest BCUT2D eigenvalue weighted by atomic mass is 16.3. The normalized spacial score (nSPS) is 11.9. The van der Waals surface area contributed by atoms with Crippen LogP contribution in [-0.2, 0) is 0 Å². The van der Waals surface area contributed by atoms with E-state index >= 15 is 0 Å². The summed E-state index contributed by atoms with van der Waals surface area (Å²) in [5, 5.41) is 19.0. The third kappa shape index (κ3) is 10.9. The Labute approximate surface area is 681 Å². The van der Waals surface area contributed by atoms with Gasteiger partial charge in [0.25, 0.3) is 0 Å². The van der Waals surface area contributed by atoms with Crippen LogP contribution in [0.3, 0.4) is 0 Å². The molecule has 0 amide bonds. The molecule has 0 radical (unpaired) electrons. The minimum Gasteiger partial charge on any atom is -0.453 e. The van der Waals surface area contributed by atoms with Gasteiger partial charge in [-0.15, -0.1) is 0 Å². The molecule has 0 aliphatic carbocycles. The number of hydrogen-bond acceptors (Lipinski definition) is 7. The lowest BCUT2D eigenvalue weighted by Crippen LogP contribution is -2.00. The molecule has 0 saturated carbocycles. The molecule has 7 aromatic heterocycles. The van der Waals surface area contributed by atoms with Gasteiger partial charge < -0.3 is 22.7 Å². The third-order valence-electron chi connectivity index (χ3n) is 23.7. The highest BCUT2D eigenvalue weighted by Gasteiger charge is 2.25. The molecule has 0 saturated heterocycles. The summed E-state index contributed by atoms with van der Waals surface area (Å²) in [5.41, 5.74) is 20.8. The van der Waals surface area contributed by atoms with Gasteiger partial charge in [0.15, 0.2) is 40.5 Å². The second kappa shape index (κ2) is 27.2. The fourth-order valence-electron chi connectivity index (χ4n) is 18.4. The van der Waals surface area contributed by atoms with Crippen LogP contribution < -0.4 is 0 Å². The average Bonchev–Trinajstić information content (AvgIpc) is 1.69. The molecule has 25 aromatic rings. The van der Waals surface area contributed by atoms with Crippen LogP contribution in [0.25, 0.3) is 233 Å². The molecule has 0 N–H and O–H groups in total. The van der Waals surface area contributed by atoms with Crippen LogP contribution >= 0.6 is 0 Å². The van der Waals surface area contributed by atoms with Gasteiger partial charge in [0.05, 0.1) is 55.4 Å². The molecule has 18 aromatic carbocycles. The van der Waals surface area contributed by atoms with E-state index in [2.05, 4.69) is 291 Å². The van der Waals surface area contributed by atoms with Crippen molar-refractivity contribution < 1.29 is 4.42 Å². The van der Waals surface area contributed by atoms with E-state index in [1.807, 2.05) is 127 Å². The van der Waals surface area contributed by atoms with Crippen molar-refractivity contribution in [1.29, 1.82) is 0 Å². The molecule has 0 bridgehead atoms. The van der Waals surface area contributed by atoms with Crippen LogP contribution in [0.4, 0.5) is 0 Å². The summed E-state index contributed by atoms with van der Waals surface area (Å²) in [7, 11) is 0. The Bertz CT molecular complexity index is 8190. The Morgan fingerprint density at radius 1 is 0.160 bits per heavy atom. The maximum atomic E-state index is 7.04. The van der Waals surface area contributed by atoms with E-state index < -0.39 is 0 Å². The number of rotatable bonds is 10. The Balaban J connectivity index is 0.000000136. The molecule has 11 nitrogen and oxygen atoms in total. The SMILES string of the molecule is c1ccc(-c2nc(-c3ccccc3)nc(-c3ccc4c5ccc(-n6c7ccccc7c7cc(-n8c9ccccc9c9ccccc98)ccc76)cc5c5ccccc5c4c3)n2)cc1.c1ccc(-c2nc(-c3ccccc3)nc(-c3cccc4c3oc3c(-n5c6ccccc6c6cc(-n7c8ccccc8c8ccccc87)ccc65)cccc34)n2)cc1. The second-order valence-electron chi connectivity index (χ2n) is 30.4. The highest BCUT2D eigenvalue weighted by Crippen LogP contribution is 2.46. The van der Waals surface area contributed by atoms with E-state index in [0.29, 0.717) is 34.9 Å². The van der Waals surface area contributed by atoms with E-state index in [4.69, 9.17) is 34.3 Å². The third-order valence-corrected chi connectivity index (χ3v) is 23.7. The molecule has 0 aliphatic rings. The van der Waals surface area contributed by atoms with Crippen molar-refractivity contribution in [3.63, 3.8) is 0 Å². The van der Waals surface area contributed by atoms with Gasteiger partial charge in [0, 0.05) is 98.7 Å². The van der Waals surface area contributed by atoms with Crippen molar-refractivity contribution in [2.24, 2.45) is 0 Å². The molecule has 11 heteroatoms. The molecule has 0 unspecified atom stereocenters. The van der Waals surface area contributed by atoms with Crippen molar-refractivity contribution >= 4 is 141 Å². The molecular formula is C108H66N10O. The number of furan rings is 1. The minimum absolute atomic E-state index is 0.559. The van der Waals surface area contributed by atoms with Gasteiger partial charge in [-0.3, -0.25) is 0 Å². The predicted molar refractivity (Wildman–Crippen MR) is 489 cm³/mol. The number of hydrogen-bond donors (Lipinski definition) is 0. The van der Waals surface area contributed by atoms with E-state index in [0.717, 1.165) is 94.5 Å². The molecule has 0 aliphatic heterocycles. The Morgan fingerprint density at radius 3 is 0.857 bits per heavy atom. The minimum atomic E-state index is 0.559. The van der Waals surface area contributed by atoms with Crippen LogP contribution in [0, 0.1) is 0 Å². The quantitative estimate of drug-likeness (QED) is 0.125. The zero-order valence-electron chi connectivity index (χ0n) is 64.0. The largest absolute Gasteiger partial charge is 0.453 e. The molecule has 25 rings (SSSR count). The molecule has 7 heterocycles. The lowest BCUT2D eigenvalue weighted by molar-refractivity contribution is 0.667. The topological polar surface area (TPSA) is 110 Å². The highest BCUT2D eigenvalue weighted by molar-refractivity contribution is 6.27. The first-order chi connectivity index (χ1) is 59.0. The van der Waals surface area contributed by atoms with Crippen molar-refractivity contribution in [2.75, 3.05) is 0 Å². The van der Waals surface area contributed by atoms with Crippen molar-refractivity contribution in [1.82, 2.24) is 48.2 Å². The summed E-state index contributed by atoms with van der Waals surface area (Å²) in [6.07, 6.45) is 0. The number of benzene rings is 18. The zero-order chi connectivity index (χ0) is 78.2. The van der Waals surface area contributed by atoms with E-state index in [1.165, 1.54) is 103 Å². The molecule has 0 spiro atoms. The first-order valence-electron chi connectivity index (χ1n) is 40.1. The maximum absolute atomic E-state index is 7.04. The lowest BCUT2D eigenvalue weighted by Gasteiger charge is -2.15. The fraction of sp³-hybridized carbons (Fsp3) is 0. The summed E-state index contributed by atoms with van der Waals surface area (Å²) in [6, 6.07) is 141. The molecule has 554 valence electrons. The summed E-state index contributed by atoms with van der Waals surface area (Å²) in [5.74, 6) is 3.73. The summed E-state index contributed by atoms with van der Waals surface area (Å²) in [6.45, 7) is 0. The Hall–Kier alpha value is -16.2. The standard InChI is InChI=1S/C57H35N5.C51H31N5O/c1-3-15-36(16-4-1)55-58-56(37-17-5-2-6-18-37)60-57(59-55)38-27-30-43-44-31-28-39(34-49(44)42-20-8-7-19-41(42)48(43)33-38)62-53-26-14-11-23-47(53)50-35-40(29-32-54(50)62)61-51-24-12-9-21-45(51)46-22-10-13-25-52(46)61;1-3-15-32(16-4-1)49-52-50(33-17-5-2-6-18-33)54-51(53-49)40-24-13-22-38-39-23-14-28-46(48(39)57-47(38)40)56-44-27-12-9-21-37(44)41-31-34(29-30-45(41)56)55-42-25-10-7-19-35(42)36-20-8-11-26-43(36)55/h1-35H;1-31H. The van der Waals surface area contributed by atoms with E-state index in [-0.39, 0.29) is 0 Å². The summed E-state index contributed by atoms with van der Waals surface area (Å²) < 4.78 is 16.6. The Kier molecular flexibility index (Phi) is 15.4. The van der Waals surface area contributed by atoms with Crippen LogP contribution in [0.5, 0.6) is 0 Å². The van der Waals surface area contributed by atoms with Crippen LogP contribution in [0.2, 0.25) is 0 Å². The predicted octanol–water partition coefficient (Wildman–Crippen LogP) is 27.5. The first kappa shape index (κ1) is 67.3. The second-order valence-corrected chi connectivity index (χ2v) is 30.4. The maximum Gasteiger partial charge on any atom is 0.167 e. The summed E-state index contributed by atoms with van der Waals surface area (Å²) >= 11 is 0.